The minimum Gasteiger partial charge on any atom is -0.339 e. The van der Waals surface area contributed by atoms with E-state index in [4.69, 9.17) is 27.7 Å². The van der Waals surface area contributed by atoms with E-state index < -0.39 is 0 Å². The summed E-state index contributed by atoms with van der Waals surface area (Å²) in [6.45, 7) is 3.24. The standard InChI is InChI=1S/C21H19Cl2N3O2/c1-13-4-6-14(7-5-13)19-24-20(28-25-19)15-3-2-8-26(12-15)21(27)16-9-17(22)11-18(23)10-16/h4-7,9-11,15H,2-3,8,12H2,1H3. The first-order valence-corrected chi connectivity index (χ1v) is 9.91. The minimum atomic E-state index is -0.0904. The van der Waals surface area contributed by atoms with E-state index in [2.05, 4.69) is 10.1 Å². The molecule has 0 aliphatic carbocycles. The number of hydrogen-bond donors (Lipinski definition) is 0. The van der Waals surface area contributed by atoms with Gasteiger partial charge in [-0.05, 0) is 38.0 Å². The van der Waals surface area contributed by atoms with Crippen molar-refractivity contribution >= 4 is 29.1 Å². The average Bonchev–Trinajstić information content (AvgIpc) is 3.17. The highest BCUT2D eigenvalue weighted by molar-refractivity contribution is 6.35. The van der Waals surface area contributed by atoms with Crippen LogP contribution in [0.5, 0.6) is 0 Å². The van der Waals surface area contributed by atoms with Crippen LogP contribution in [0.1, 0.15) is 40.6 Å². The molecule has 0 N–H and O–H groups in total. The number of rotatable bonds is 3. The van der Waals surface area contributed by atoms with Crippen LogP contribution in [-0.2, 0) is 0 Å². The lowest BCUT2D eigenvalue weighted by Crippen LogP contribution is -2.39. The molecule has 1 amide bonds. The highest BCUT2D eigenvalue weighted by atomic mass is 35.5. The number of benzene rings is 2. The molecular formula is C21H19Cl2N3O2. The summed E-state index contributed by atoms with van der Waals surface area (Å²) in [5.74, 6) is 1.06. The molecule has 0 bridgehead atoms. The predicted molar refractivity (Wildman–Crippen MR) is 109 cm³/mol. The Morgan fingerprint density at radius 1 is 1.14 bits per heavy atom. The zero-order chi connectivity index (χ0) is 19.7. The quantitative estimate of drug-likeness (QED) is 0.576. The number of amides is 1. The van der Waals surface area contributed by atoms with Gasteiger partial charge in [-0.15, -0.1) is 0 Å². The molecule has 0 spiro atoms. The van der Waals surface area contributed by atoms with Crippen molar-refractivity contribution in [2.75, 3.05) is 13.1 Å². The van der Waals surface area contributed by atoms with Crippen molar-refractivity contribution in [1.82, 2.24) is 15.0 Å². The molecule has 1 unspecified atom stereocenters. The van der Waals surface area contributed by atoms with Crippen molar-refractivity contribution in [3.8, 4) is 11.4 Å². The number of carbonyl (C=O) groups is 1. The number of aryl methyl sites for hydroxylation is 1. The van der Waals surface area contributed by atoms with E-state index in [1.165, 1.54) is 5.56 Å². The van der Waals surface area contributed by atoms with Gasteiger partial charge in [-0.2, -0.15) is 4.98 Å². The number of piperidine rings is 1. The number of likely N-dealkylation sites (tertiary alicyclic amines) is 1. The van der Waals surface area contributed by atoms with E-state index in [9.17, 15) is 4.79 Å². The second-order valence-corrected chi connectivity index (χ2v) is 7.94. The third-order valence-electron chi connectivity index (χ3n) is 4.92. The number of aromatic nitrogens is 2. The lowest BCUT2D eigenvalue weighted by molar-refractivity contribution is 0.0695. The monoisotopic (exact) mass is 415 g/mol. The van der Waals surface area contributed by atoms with Crippen LogP contribution in [0.4, 0.5) is 0 Å². The number of hydrogen-bond acceptors (Lipinski definition) is 4. The Hall–Kier alpha value is -2.37. The average molecular weight is 416 g/mol. The van der Waals surface area contributed by atoms with Gasteiger partial charge in [-0.25, -0.2) is 0 Å². The van der Waals surface area contributed by atoms with Gasteiger partial charge in [0.25, 0.3) is 5.91 Å². The van der Waals surface area contributed by atoms with E-state index >= 15 is 0 Å². The second-order valence-electron chi connectivity index (χ2n) is 7.07. The van der Waals surface area contributed by atoms with Gasteiger partial charge in [-0.1, -0.05) is 58.2 Å². The topological polar surface area (TPSA) is 59.2 Å². The summed E-state index contributed by atoms with van der Waals surface area (Å²) in [6, 6.07) is 12.9. The SMILES string of the molecule is Cc1ccc(-c2noc(C3CCCN(C(=O)c4cc(Cl)cc(Cl)c4)C3)n2)cc1. The lowest BCUT2D eigenvalue weighted by atomic mass is 9.97. The normalized spacial score (nSPS) is 17.0. The minimum absolute atomic E-state index is 0.0130. The van der Waals surface area contributed by atoms with Crippen LogP contribution in [0.15, 0.2) is 47.0 Å². The van der Waals surface area contributed by atoms with Gasteiger partial charge in [0.1, 0.15) is 0 Å². The molecule has 1 fully saturated rings. The molecule has 0 radical (unpaired) electrons. The summed E-state index contributed by atoms with van der Waals surface area (Å²) in [6.07, 6.45) is 1.77. The Balaban J connectivity index is 1.51. The molecule has 3 aromatic rings. The molecule has 5 nitrogen and oxygen atoms in total. The molecule has 1 aliphatic rings. The van der Waals surface area contributed by atoms with Crippen LogP contribution in [0.25, 0.3) is 11.4 Å². The fourth-order valence-electron chi connectivity index (χ4n) is 3.44. The zero-order valence-electron chi connectivity index (χ0n) is 15.4. The zero-order valence-corrected chi connectivity index (χ0v) is 16.9. The smallest absolute Gasteiger partial charge is 0.253 e. The van der Waals surface area contributed by atoms with E-state index in [1.807, 2.05) is 31.2 Å². The summed E-state index contributed by atoms with van der Waals surface area (Å²) in [4.78, 5) is 19.2. The largest absolute Gasteiger partial charge is 0.339 e. The Morgan fingerprint density at radius 3 is 2.57 bits per heavy atom. The van der Waals surface area contributed by atoms with Crippen LogP contribution in [-0.4, -0.2) is 34.0 Å². The van der Waals surface area contributed by atoms with Crippen LogP contribution in [0.2, 0.25) is 10.0 Å². The molecule has 144 valence electrons. The third kappa shape index (κ3) is 4.05. The molecule has 2 aromatic carbocycles. The van der Waals surface area contributed by atoms with Crippen LogP contribution >= 0.6 is 23.2 Å². The summed E-state index contributed by atoms with van der Waals surface area (Å²) in [7, 11) is 0. The first kappa shape index (κ1) is 19.0. The molecule has 1 saturated heterocycles. The number of nitrogens with zero attached hydrogens (tertiary/aromatic N) is 3. The van der Waals surface area contributed by atoms with Crippen molar-refractivity contribution in [2.24, 2.45) is 0 Å². The fourth-order valence-corrected chi connectivity index (χ4v) is 3.97. The van der Waals surface area contributed by atoms with E-state index in [0.29, 0.717) is 40.4 Å². The van der Waals surface area contributed by atoms with Crippen LogP contribution in [0, 0.1) is 6.92 Å². The van der Waals surface area contributed by atoms with Gasteiger partial charge in [0.05, 0.1) is 5.92 Å². The Bertz CT molecular complexity index is 981. The van der Waals surface area contributed by atoms with Gasteiger partial charge in [0, 0.05) is 34.3 Å². The highest BCUT2D eigenvalue weighted by Crippen LogP contribution is 2.29. The molecule has 0 saturated carbocycles. The summed E-state index contributed by atoms with van der Waals surface area (Å²) in [5, 5.41) is 5.01. The summed E-state index contributed by atoms with van der Waals surface area (Å²) >= 11 is 12.1. The summed E-state index contributed by atoms with van der Waals surface area (Å²) < 4.78 is 5.52. The van der Waals surface area contributed by atoms with Crippen molar-refractivity contribution < 1.29 is 9.32 Å². The van der Waals surface area contributed by atoms with Crippen LogP contribution in [0.3, 0.4) is 0 Å². The molecule has 4 rings (SSSR count). The molecule has 1 atom stereocenters. The molecule has 2 heterocycles. The van der Waals surface area contributed by atoms with E-state index in [0.717, 1.165) is 18.4 Å². The van der Waals surface area contributed by atoms with Crippen LogP contribution < -0.4 is 0 Å². The maximum atomic E-state index is 12.9. The highest BCUT2D eigenvalue weighted by Gasteiger charge is 2.29. The molecule has 1 aromatic heterocycles. The molecule has 28 heavy (non-hydrogen) atoms. The lowest BCUT2D eigenvalue weighted by Gasteiger charge is -2.31. The Morgan fingerprint density at radius 2 is 1.86 bits per heavy atom. The number of carbonyl (C=O) groups excluding carboxylic acids is 1. The summed E-state index contributed by atoms with van der Waals surface area (Å²) in [5.41, 5.74) is 2.58. The van der Waals surface area contributed by atoms with E-state index in [-0.39, 0.29) is 11.8 Å². The first-order valence-electron chi connectivity index (χ1n) is 9.15. The van der Waals surface area contributed by atoms with Crippen molar-refractivity contribution in [3.63, 3.8) is 0 Å². The maximum absolute atomic E-state index is 12.9. The molecular weight excluding hydrogens is 397 g/mol. The molecule has 1 aliphatic heterocycles. The van der Waals surface area contributed by atoms with Crippen molar-refractivity contribution in [3.05, 3.63) is 69.5 Å². The van der Waals surface area contributed by atoms with Gasteiger partial charge in [0.2, 0.25) is 11.7 Å². The van der Waals surface area contributed by atoms with Gasteiger partial charge >= 0.3 is 0 Å². The number of halogens is 2. The first-order chi connectivity index (χ1) is 13.5. The van der Waals surface area contributed by atoms with Gasteiger partial charge in [0.15, 0.2) is 0 Å². The van der Waals surface area contributed by atoms with Gasteiger partial charge < -0.3 is 9.42 Å². The second kappa shape index (κ2) is 7.94. The predicted octanol–water partition coefficient (Wildman–Crippen LogP) is 5.37. The van der Waals surface area contributed by atoms with Gasteiger partial charge in [-0.3, -0.25) is 4.79 Å². The third-order valence-corrected chi connectivity index (χ3v) is 5.36. The Labute approximate surface area is 173 Å². The van der Waals surface area contributed by atoms with Crippen molar-refractivity contribution in [2.45, 2.75) is 25.7 Å². The van der Waals surface area contributed by atoms with Crippen molar-refractivity contribution in [1.29, 1.82) is 0 Å². The van der Waals surface area contributed by atoms with E-state index in [1.54, 1.807) is 23.1 Å². The molecule has 7 heteroatoms. The fraction of sp³-hybridized carbons (Fsp3) is 0.286. The Kier molecular flexibility index (Phi) is 5.38. The maximum Gasteiger partial charge on any atom is 0.253 e.